The van der Waals surface area contributed by atoms with Gasteiger partial charge in [-0.1, -0.05) is 11.6 Å². The largest absolute Gasteiger partial charge is 0.399 e. The van der Waals surface area contributed by atoms with Crippen molar-refractivity contribution in [1.82, 2.24) is 4.31 Å². The normalized spacial score (nSPS) is 18.9. The summed E-state index contributed by atoms with van der Waals surface area (Å²) in [5, 5.41) is 10.5. The van der Waals surface area contributed by atoms with E-state index in [1.54, 1.807) is 0 Å². The molecule has 1 saturated heterocycles. The zero-order valence-electron chi connectivity index (χ0n) is 11.8. The molecular weight excluding hydrogens is 316 g/mol. The second-order valence-electron chi connectivity index (χ2n) is 5.29. The molecule has 0 aliphatic carbocycles. The first-order valence-electron chi connectivity index (χ1n) is 6.56. The lowest BCUT2D eigenvalue weighted by Crippen LogP contribution is -2.47. The van der Waals surface area contributed by atoms with Gasteiger partial charge in [0.05, 0.1) is 10.6 Å². The summed E-state index contributed by atoms with van der Waals surface area (Å²) in [7, 11) is -2.35. The van der Waals surface area contributed by atoms with Crippen LogP contribution < -0.4 is 5.73 Å². The van der Waals surface area contributed by atoms with Crippen LogP contribution in [0, 0.1) is 0 Å². The maximum atomic E-state index is 12.5. The molecule has 0 aromatic heterocycles. The third kappa shape index (κ3) is 3.67. The van der Waals surface area contributed by atoms with Crippen molar-refractivity contribution in [2.45, 2.75) is 23.3 Å². The Morgan fingerprint density at radius 3 is 2.62 bits per heavy atom. The lowest BCUT2D eigenvalue weighted by molar-refractivity contribution is -0.0689. The van der Waals surface area contributed by atoms with Crippen LogP contribution in [-0.4, -0.2) is 50.2 Å². The highest BCUT2D eigenvalue weighted by molar-refractivity contribution is 7.89. The number of sulfonamides is 1. The number of aliphatic hydroxyl groups is 1. The maximum absolute atomic E-state index is 12.5. The van der Waals surface area contributed by atoms with Gasteiger partial charge in [0, 0.05) is 45.3 Å². The van der Waals surface area contributed by atoms with Crippen LogP contribution in [-0.2, 0) is 14.8 Å². The molecule has 0 spiro atoms. The van der Waals surface area contributed by atoms with Gasteiger partial charge in [0.1, 0.15) is 4.90 Å². The van der Waals surface area contributed by atoms with E-state index in [4.69, 9.17) is 22.1 Å². The van der Waals surface area contributed by atoms with Gasteiger partial charge in [-0.15, -0.1) is 0 Å². The van der Waals surface area contributed by atoms with Crippen LogP contribution >= 0.6 is 11.6 Å². The maximum Gasteiger partial charge on any atom is 0.244 e. The molecule has 8 heteroatoms. The molecule has 0 amide bonds. The number of nitrogens with two attached hydrogens (primary N) is 1. The van der Waals surface area contributed by atoms with Crippen LogP contribution in [0.15, 0.2) is 23.1 Å². The molecule has 1 aliphatic heterocycles. The molecule has 0 atom stereocenters. The van der Waals surface area contributed by atoms with Crippen molar-refractivity contribution >= 4 is 27.3 Å². The van der Waals surface area contributed by atoms with Gasteiger partial charge in [-0.05, 0) is 18.2 Å². The predicted octanol–water partition coefficient (Wildman–Crippen LogP) is 1.08. The third-order valence-corrected chi connectivity index (χ3v) is 5.87. The predicted molar refractivity (Wildman–Crippen MR) is 80.7 cm³/mol. The number of nitrogen functional groups attached to an aromatic ring is 1. The number of hydrogen-bond donors (Lipinski definition) is 2. The lowest BCUT2D eigenvalue weighted by Gasteiger charge is -2.35. The number of hydrogen-bond acceptors (Lipinski definition) is 5. The first kappa shape index (κ1) is 16.5. The molecular formula is C13H19ClN2O4S. The smallest absolute Gasteiger partial charge is 0.244 e. The summed E-state index contributed by atoms with van der Waals surface area (Å²) in [5.41, 5.74) is 4.89. The fraction of sp³-hybridized carbons (Fsp3) is 0.538. The van der Waals surface area contributed by atoms with Crippen molar-refractivity contribution in [3.05, 3.63) is 23.2 Å². The number of halogens is 1. The molecule has 6 nitrogen and oxygen atoms in total. The van der Waals surface area contributed by atoms with E-state index < -0.39 is 15.6 Å². The molecule has 3 N–H and O–H groups in total. The van der Waals surface area contributed by atoms with Crippen LogP contribution in [0.4, 0.5) is 5.69 Å². The SMILES string of the molecule is CN(CC1(O)CCOCC1)S(=O)(=O)c1ccc(N)cc1Cl. The third-order valence-electron chi connectivity index (χ3n) is 3.58. The molecule has 2 rings (SSSR count). The van der Waals surface area contributed by atoms with Crippen LogP contribution in [0.5, 0.6) is 0 Å². The van der Waals surface area contributed by atoms with E-state index in [9.17, 15) is 13.5 Å². The van der Waals surface area contributed by atoms with Crippen LogP contribution in [0.25, 0.3) is 0 Å². The Bertz CT molecular complexity index is 615. The summed E-state index contributed by atoms with van der Waals surface area (Å²) < 4.78 is 31.4. The molecule has 1 fully saturated rings. The highest BCUT2D eigenvalue weighted by Gasteiger charge is 2.35. The Hall–Kier alpha value is -0.860. The van der Waals surface area contributed by atoms with E-state index in [2.05, 4.69) is 0 Å². The Balaban J connectivity index is 2.22. The van der Waals surface area contributed by atoms with Crippen LogP contribution in [0.3, 0.4) is 0 Å². The van der Waals surface area contributed by atoms with E-state index in [1.807, 2.05) is 0 Å². The van der Waals surface area contributed by atoms with Gasteiger partial charge in [0.2, 0.25) is 10.0 Å². The van der Waals surface area contributed by atoms with Gasteiger partial charge in [-0.3, -0.25) is 0 Å². The Kier molecular flexibility index (Phi) is 4.79. The Labute approximate surface area is 129 Å². The van der Waals surface area contributed by atoms with Crippen molar-refractivity contribution in [3.63, 3.8) is 0 Å². The van der Waals surface area contributed by atoms with Crippen molar-refractivity contribution in [3.8, 4) is 0 Å². The number of likely N-dealkylation sites (N-methyl/N-ethyl adjacent to an activating group) is 1. The Morgan fingerprint density at radius 2 is 2.05 bits per heavy atom. The fourth-order valence-electron chi connectivity index (χ4n) is 2.30. The fourth-order valence-corrected chi connectivity index (χ4v) is 4.08. The molecule has 1 aliphatic rings. The minimum Gasteiger partial charge on any atom is -0.399 e. The summed E-state index contributed by atoms with van der Waals surface area (Å²) in [5.74, 6) is 0. The van der Waals surface area contributed by atoms with Crippen molar-refractivity contribution in [1.29, 1.82) is 0 Å². The quantitative estimate of drug-likeness (QED) is 0.804. The summed E-state index contributed by atoms with van der Waals surface area (Å²) in [4.78, 5) is -0.0171. The summed E-state index contributed by atoms with van der Waals surface area (Å²) in [6.45, 7) is 0.847. The second kappa shape index (κ2) is 6.10. The van der Waals surface area contributed by atoms with E-state index in [0.717, 1.165) is 4.31 Å². The number of rotatable bonds is 4. The lowest BCUT2D eigenvalue weighted by atomic mass is 9.95. The molecule has 0 unspecified atom stereocenters. The summed E-state index contributed by atoms with van der Waals surface area (Å²) >= 11 is 5.97. The topological polar surface area (TPSA) is 92.9 Å². The van der Waals surface area contributed by atoms with Gasteiger partial charge in [-0.2, -0.15) is 4.31 Å². The van der Waals surface area contributed by atoms with Gasteiger partial charge in [0.15, 0.2) is 0 Å². The average molecular weight is 335 g/mol. The zero-order valence-corrected chi connectivity index (χ0v) is 13.3. The van der Waals surface area contributed by atoms with Gasteiger partial charge >= 0.3 is 0 Å². The highest BCUT2D eigenvalue weighted by atomic mass is 35.5. The van der Waals surface area contributed by atoms with E-state index >= 15 is 0 Å². The van der Waals surface area contributed by atoms with Crippen molar-refractivity contribution < 1.29 is 18.3 Å². The first-order valence-corrected chi connectivity index (χ1v) is 8.38. The van der Waals surface area contributed by atoms with Crippen molar-refractivity contribution in [2.24, 2.45) is 0 Å². The van der Waals surface area contributed by atoms with Gasteiger partial charge in [0.25, 0.3) is 0 Å². The van der Waals surface area contributed by atoms with Gasteiger partial charge in [-0.25, -0.2) is 8.42 Å². The molecule has 1 aromatic carbocycles. The number of anilines is 1. The van der Waals surface area contributed by atoms with Crippen LogP contribution in [0.1, 0.15) is 12.8 Å². The standard InChI is InChI=1S/C13H19ClN2O4S/c1-16(9-13(17)4-6-20-7-5-13)21(18,19)12-3-2-10(15)8-11(12)14/h2-3,8,17H,4-7,9,15H2,1H3. The van der Waals surface area contributed by atoms with E-state index in [1.165, 1.54) is 25.2 Å². The minimum atomic E-state index is -3.78. The molecule has 21 heavy (non-hydrogen) atoms. The number of nitrogens with zero attached hydrogens (tertiary/aromatic N) is 1. The molecule has 118 valence electrons. The molecule has 0 saturated carbocycles. The van der Waals surface area contributed by atoms with Crippen LogP contribution in [0.2, 0.25) is 5.02 Å². The van der Waals surface area contributed by atoms with E-state index in [-0.39, 0.29) is 16.5 Å². The average Bonchev–Trinajstić information content (AvgIpc) is 2.38. The van der Waals surface area contributed by atoms with Crippen molar-refractivity contribution in [2.75, 3.05) is 32.5 Å². The minimum absolute atomic E-state index is 0.000597. The summed E-state index contributed by atoms with van der Waals surface area (Å²) in [6.07, 6.45) is 0.810. The molecule has 1 heterocycles. The monoisotopic (exact) mass is 334 g/mol. The van der Waals surface area contributed by atoms with E-state index in [0.29, 0.717) is 31.7 Å². The Morgan fingerprint density at radius 1 is 1.43 bits per heavy atom. The molecule has 0 radical (unpaired) electrons. The molecule has 1 aromatic rings. The number of benzene rings is 1. The molecule has 0 bridgehead atoms. The van der Waals surface area contributed by atoms with Gasteiger partial charge < -0.3 is 15.6 Å². The highest BCUT2D eigenvalue weighted by Crippen LogP contribution is 2.28. The zero-order chi connectivity index (χ0) is 15.7. The first-order chi connectivity index (χ1) is 9.74. The second-order valence-corrected chi connectivity index (χ2v) is 7.71. The summed E-state index contributed by atoms with van der Waals surface area (Å²) in [6, 6.07) is 4.25. The number of ether oxygens (including phenoxy) is 1.